The Morgan fingerprint density at radius 3 is 2.85 bits per heavy atom. The third-order valence-corrected chi connectivity index (χ3v) is 2.99. The molecule has 1 aliphatic rings. The third-order valence-electron chi connectivity index (χ3n) is 2.99. The SMILES string of the molecule is COCC(N)C(=O)Nc1cccc(C(=O)NC2CC2)c1. The molecule has 1 unspecified atom stereocenters. The van der Waals surface area contributed by atoms with E-state index in [0.717, 1.165) is 12.8 Å². The summed E-state index contributed by atoms with van der Waals surface area (Å²) in [6.45, 7) is 0.147. The lowest BCUT2D eigenvalue weighted by Crippen LogP contribution is -2.39. The van der Waals surface area contributed by atoms with Crippen molar-refractivity contribution in [2.75, 3.05) is 19.0 Å². The zero-order valence-corrected chi connectivity index (χ0v) is 11.4. The van der Waals surface area contributed by atoms with Crippen LogP contribution in [0.2, 0.25) is 0 Å². The minimum atomic E-state index is -0.732. The van der Waals surface area contributed by atoms with E-state index in [-0.39, 0.29) is 18.4 Å². The number of nitrogens with one attached hydrogen (secondary N) is 2. The molecular formula is C14H19N3O3. The smallest absolute Gasteiger partial charge is 0.251 e. The first kappa shape index (κ1) is 14.5. The molecule has 0 saturated heterocycles. The quantitative estimate of drug-likeness (QED) is 0.705. The van der Waals surface area contributed by atoms with E-state index in [4.69, 9.17) is 10.5 Å². The molecule has 1 atom stereocenters. The molecule has 0 aromatic heterocycles. The number of nitrogens with two attached hydrogens (primary N) is 1. The van der Waals surface area contributed by atoms with Crippen LogP contribution in [0.15, 0.2) is 24.3 Å². The van der Waals surface area contributed by atoms with Crippen LogP contribution in [-0.2, 0) is 9.53 Å². The molecule has 6 heteroatoms. The highest BCUT2D eigenvalue weighted by molar-refractivity contribution is 5.98. The standard InChI is InChI=1S/C14H19N3O3/c1-20-8-12(15)14(19)17-11-4-2-3-9(7-11)13(18)16-10-5-6-10/h2-4,7,10,12H,5-6,8,15H2,1H3,(H,16,18)(H,17,19). The number of hydrogen-bond acceptors (Lipinski definition) is 4. The number of carbonyl (C=O) groups excluding carboxylic acids is 2. The predicted octanol–water partition coefficient (Wildman–Crippen LogP) is 0.491. The van der Waals surface area contributed by atoms with Gasteiger partial charge in [-0.15, -0.1) is 0 Å². The Morgan fingerprint density at radius 1 is 1.45 bits per heavy atom. The van der Waals surface area contributed by atoms with Gasteiger partial charge in [0.25, 0.3) is 5.91 Å². The fraction of sp³-hybridized carbons (Fsp3) is 0.429. The first-order valence-electron chi connectivity index (χ1n) is 6.56. The number of ether oxygens (including phenoxy) is 1. The van der Waals surface area contributed by atoms with Crippen LogP contribution in [0.5, 0.6) is 0 Å². The summed E-state index contributed by atoms with van der Waals surface area (Å²) in [5, 5.41) is 5.56. The number of anilines is 1. The molecule has 4 N–H and O–H groups in total. The number of amides is 2. The summed E-state index contributed by atoms with van der Waals surface area (Å²) in [6, 6.07) is 6.35. The minimum absolute atomic E-state index is 0.121. The van der Waals surface area contributed by atoms with E-state index in [0.29, 0.717) is 17.3 Å². The highest BCUT2D eigenvalue weighted by Gasteiger charge is 2.23. The van der Waals surface area contributed by atoms with Gasteiger partial charge in [-0.05, 0) is 31.0 Å². The summed E-state index contributed by atoms with van der Waals surface area (Å²) < 4.78 is 4.83. The maximum absolute atomic E-state index is 11.9. The van der Waals surface area contributed by atoms with Crippen molar-refractivity contribution in [1.29, 1.82) is 0 Å². The maximum Gasteiger partial charge on any atom is 0.251 e. The van der Waals surface area contributed by atoms with Crippen molar-refractivity contribution in [3.05, 3.63) is 29.8 Å². The lowest BCUT2D eigenvalue weighted by Gasteiger charge is -2.12. The fourth-order valence-corrected chi connectivity index (χ4v) is 1.72. The molecule has 6 nitrogen and oxygen atoms in total. The van der Waals surface area contributed by atoms with Crippen molar-refractivity contribution in [2.24, 2.45) is 5.73 Å². The first-order valence-corrected chi connectivity index (χ1v) is 6.56. The number of methoxy groups -OCH3 is 1. The van der Waals surface area contributed by atoms with Crippen LogP contribution >= 0.6 is 0 Å². The van der Waals surface area contributed by atoms with Gasteiger partial charge in [0.05, 0.1) is 6.61 Å². The van der Waals surface area contributed by atoms with Crippen LogP contribution < -0.4 is 16.4 Å². The zero-order chi connectivity index (χ0) is 14.5. The van der Waals surface area contributed by atoms with Crippen molar-refractivity contribution in [2.45, 2.75) is 24.9 Å². The van der Waals surface area contributed by atoms with Gasteiger partial charge in [0.2, 0.25) is 5.91 Å². The average Bonchev–Trinajstić information content (AvgIpc) is 3.23. The van der Waals surface area contributed by atoms with Crippen LogP contribution in [0.1, 0.15) is 23.2 Å². The fourth-order valence-electron chi connectivity index (χ4n) is 1.72. The van der Waals surface area contributed by atoms with Crippen LogP contribution in [0.4, 0.5) is 5.69 Å². The Labute approximate surface area is 117 Å². The molecule has 1 aromatic rings. The molecule has 0 spiro atoms. The summed E-state index contributed by atoms with van der Waals surface area (Å²) in [5.74, 6) is -0.462. The monoisotopic (exact) mass is 277 g/mol. The highest BCUT2D eigenvalue weighted by atomic mass is 16.5. The number of benzene rings is 1. The van der Waals surface area contributed by atoms with E-state index >= 15 is 0 Å². The summed E-state index contributed by atoms with van der Waals surface area (Å²) >= 11 is 0. The van der Waals surface area contributed by atoms with Crippen molar-refractivity contribution < 1.29 is 14.3 Å². The van der Waals surface area contributed by atoms with Crippen molar-refractivity contribution >= 4 is 17.5 Å². The Morgan fingerprint density at radius 2 is 2.20 bits per heavy atom. The van der Waals surface area contributed by atoms with Crippen LogP contribution in [-0.4, -0.2) is 37.6 Å². The highest BCUT2D eigenvalue weighted by Crippen LogP contribution is 2.20. The van der Waals surface area contributed by atoms with Crippen molar-refractivity contribution in [3.63, 3.8) is 0 Å². The molecule has 2 amide bonds. The van der Waals surface area contributed by atoms with E-state index in [1.54, 1.807) is 24.3 Å². The van der Waals surface area contributed by atoms with Crippen LogP contribution in [0.3, 0.4) is 0 Å². The van der Waals surface area contributed by atoms with Crippen molar-refractivity contribution in [3.8, 4) is 0 Å². The molecule has 20 heavy (non-hydrogen) atoms. The lowest BCUT2D eigenvalue weighted by atomic mass is 10.2. The molecule has 0 radical (unpaired) electrons. The topological polar surface area (TPSA) is 93.4 Å². The van der Waals surface area contributed by atoms with Gasteiger partial charge in [-0.2, -0.15) is 0 Å². The molecule has 0 bridgehead atoms. The van der Waals surface area contributed by atoms with Gasteiger partial charge >= 0.3 is 0 Å². The molecule has 0 aliphatic heterocycles. The maximum atomic E-state index is 11.9. The second kappa shape index (κ2) is 6.49. The third kappa shape index (κ3) is 4.04. The van der Waals surface area contributed by atoms with Gasteiger partial charge in [-0.3, -0.25) is 9.59 Å². The summed E-state index contributed by atoms with van der Waals surface area (Å²) in [4.78, 5) is 23.7. The summed E-state index contributed by atoms with van der Waals surface area (Å²) in [7, 11) is 1.48. The molecule has 1 aliphatic carbocycles. The number of carbonyl (C=O) groups is 2. The molecular weight excluding hydrogens is 258 g/mol. The second-order valence-corrected chi connectivity index (χ2v) is 4.88. The molecule has 1 saturated carbocycles. The lowest BCUT2D eigenvalue weighted by molar-refractivity contribution is -0.118. The first-order chi connectivity index (χ1) is 9.60. The van der Waals surface area contributed by atoms with Gasteiger partial charge in [-0.1, -0.05) is 6.07 Å². The second-order valence-electron chi connectivity index (χ2n) is 4.88. The Balaban J connectivity index is 1.98. The van der Waals surface area contributed by atoms with Gasteiger partial charge < -0.3 is 21.1 Å². The molecule has 2 rings (SSSR count). The van der Waals surface area contributed by atoms with E-state index in [2.05, 4.69) is 10.6 Å². The number of hydrogen-bond donors (Lipinski definition) is 3. The van der Waals surface area contributed by atoms with E-state index in [9.17, 15) is 9.59 Å². The summed E-state index contributed by atoms with van der Waals surface area (Å²) in [6.07, 6.45) is 2.07. The molecule has 1 fully saturated rings. The molecule has 0 heterocycles. The van der Waals surface area contributed by atoms with Crippen LogP contribution in [0.25, 0.3) is 0 Å². The van der Waals surface area contributed by atoms with E-state index in [1.165, 1.54) is 7.11 Å². The molecule has 1 aromatic carbocycles. The molecule has 108 valence electrons. The Bertz CT molecular complexity index is 500. The predicted molar refractivity (Wildman–Crippen MR) is 75.4 cm³/mol. The normalized spacial score (nSPS) is 15.5. The van der Waals surface area contributed by atoms with Gasteiger partial charge in [0.15, 0.2) is 0 Å². The largest absolute Gasteiger partial charge is 0.383 e. The van der Waals surface area contributed by atoms with E-state index < -0.39 is 6.04 Å². The van der Waals surface area contributed by atoms with Gasteiger partial charge in [0.1, 0.15) is 6.04 Å². The summed E-state index contributed by atoms with van der Waals surface area (Å²) in [5.41, 5.74) is 6.70. The minimum Gasteiger partial charge on any atom is -0.383 e. The van der Waals surface area contributed by atoms with Crippen molar-refractivity contribution in [1.82, 2.24) is 5.32 Å². The van der Waals surface area contributed by atoms with E-state index in [1.807, 2.05) is 0 Å². The van der Waals surface area contributed by atoms with Gasteiger partial charge in [-0.25, -0.2) is 0 Å². The number of rotatable bonds is 6. The van der Waals surface area contributed by atoms with Crippen LogP contribution in [0, 0.1) is 0 Å². The van der Waals surface area contributed by atoms with Gasteiger partial charge in [0, 0.05) is 24.4 Å². The Hall–Kier alpha value is -1.92. The zero-order valence-electron chi connectivity index (χ0n) is 11.4. The average molecular weight is 277 g/mol. The Kier molecular flexibility index (Phi) is 4.70.